The first-order chi connectivity index (χ1) is 13.2. The molecule has 0 fully saturated rings. The predicted molar refractivity (Wildman–Crippen MR) is 120 cm³/mol. The molecule has 0 amide bonds. The van der Waals surface area contributed by atoms with Gasteiger partial charge >= 0.3 is 0 Å². The summed E-state index contributed by atoms with van der Waals surface area (Å²) >= 11 is 0. The monoisotopic (exact) mass is 494 g/mol. The highest BCUT2D eigenvalue weighted by Gasteiger charge is 2.03. The molecule has 0 spiro atoms. The average molecular weight is 494 g/mol. The van der Waals surface area contributed by atoms with Crippen LogP contribution in [-0.4, -0.2) is 27.0 Å². The van der Waals surface area contributed by atoms with E-state index in [2.05, 4.69) is 25.6 Å². The zero-order valence-electron chi connectivity index (χ0n) is 15.9. The van der Waals surface area contributed by atoms with E-state index in [0.717, 1.165) is 29.3 Å². The van der Waals surface area contributed by atoms with Gasteiger partial charge in [-0.05, 0) is 43.2 Å². The van der Waals surface area contributed by atoms with Crippen LogP contribution in [0, 0.1) is 12.7 Å². The van der Waals surface area contributed by atoms with Crippen LogP contribution in [-0.2, 0) is 13.1 Å². The van der Waals surface area contributed by atoms with Crippen LogP contribution >= 0.6 is 24.0 Å². The minimum atomic E-state index is -0.240. The van der Waals surface area contributed by atoms with Crippen LogP contribution in [0.15, 0.2) is 60.0 Å². The number of pyridine rings is 1. The Hall–Kier alpha value is -2.49. The van der Waals surface area contributed by atoms with Crippen LogP contribution in [0.25, 0.3) is 5.82 Å². The Morgan fingerprint density at radius 3 is 2.64 bits per heavy atom. The number of hydrogen-bond donors (Lipinski definition) is 2. The lowest BCUT2D eigenvalue weighted by molar-refractivity contribution is 0.624. The summed E-state index contributed by atoms with van der Waals surface area (Å²) < 4.78 is 15.2. The van der Waals surface area contributed by atoms with Gasteiger partial charge in [-0.3, -0.25) is 4.57 Å². The Kier molecular flexibility index (Phi) is 8.37. The third-order valence-corrected chi connectivity index (χ3v) is 3.99. The molecule has 0 bridgehead atoms. The Bertz CT molecular complexity index is 907. The average Bonchev–Trinajstić information content (AvgIpc) is 3.10. The topological polar surface area (TPSA) is 67.1 Å². The summed E-state index contributed by atoms with van der Waals surface area (Å²) in [5.74, 6) is 2.16. The van der Waals surface area contributed by atoms with Gasteiger partial charge in [-0.2, -0.15) is 0 Å². The quantitative estimate of drug-likeness (QED) is 0.313. The molecule has 0 atom stereocenters. The molecule has 3 aromatic rings. The van der Waals surface area contributed by atoms with Crippen LogP contribution < -0.4 is 10.6 Å². The smallest absolute Gasteiger partial charge is 0.191 e. The maximum atomic E-state index is 13.3. The Labute approximate surface area is 181 Å². The van der Waals surface area contributed by atoms with Crippen LogP contribution in [0.1, 0.15) is 23.9 Å². The number of aliphatic imine (C=N–C) groups is 1. The Balaban J connectivity index is 0.00000280. The standard InChI is InChI=1S/C20H23FN6.HI/c1-3-22-20(25-12-16-5-4-6-18(21)11-16)26-14-17-7-8-19(24-13-17)27-10-9-23-15(27)2;/h4-11,13H,3,12,14H2,1-2H3,(H2,22,25,26);1H. The zero-order valence-corrected chi connectivity index (χ0v) is 18.2. The van der Waals surface area contributed by atoms with Crippen molar-refractivity contribution in [2.75, 3.05) is 6.54 Å². The lowest BCUT2D eigenvalue weighted by Gasteiger charge is -2.11. The van der Waals surface area contributed by atoms with Gasteiger partial charge in [-0.1, -0.05) is 18.2 Å². The summed E-state index contributed by atoms with van der Waals surface area (Å²) in [7, 11) is 0. The van der Waals surface area contributed by atoms with E-state index < -0.39 is 0 Å². The van der Waals surface area contributed by atoms with Gasteiger partial charge in [0.05, 0.1) is 6.54 Å². The molecule has 148 valence electrons. The third kappa shape index (κ3) is 6.01. The number of rotatable bonds is 6. The number of halogens is 2. The number of aryl methyl sites for hydroxylation is 1. The second-order valence-corrected chi connectivity index (χ2v) is 6.05. The van der Waals surface area contributed by atoms with E-state index in [0.29, 0.717) is 19.0 Å². The molecule has 0 radical (unpaired) electrons. The first-order valence-electron chi connectivity index (χ1n) is 8.87. The van der Waals surface area contributed by atoms with Crippen LogP contribution in [0.3, 0.4) is 0 Å². The van der Waals surface area contributed by atoms with Gasteiger partial charge < -0.3 is 10.6 Å². The maximum absolute atomic E-state index is 13.3. The lowest BCUT2D eigenvalue weighted by atomic mass is 10.2. The summed E-state index contributed by atoms with van der Waals surface area (Å²) in [6.07, 6.45) is 5.45. The third-order valence-electron chi connectivity index (χ3n) is 3.99. The molecule has 0 unspecified atom stereocenters. The van der Waals surface area contributed by atoms with E-state index in [4.69, 9.17) is 0 Å². The number of imidazole rings is 1. The second-order valence-electron chi connectivity index (χ2n) is 6.05. The summed E-state index contributed by atoms with van der Waals surface area (Å²) in [6, 6.07) is 10.5. The highest BCUT2D eigenvalue weighted by Crippen LogP contribution is 2.09. The minimum absolute atomic E-state index is 0. The first-order valence-corrected chi connectivity index (χ1v) is 8.87. The number of guanidine groups is 1. The first kappa shape index (κ1) is 21.8. The van der Waals surface area contributed by atoms with E-state index in [1.807, 2.05) is 49.0 Å². The zero-order chi connectivity index (χ0) is 19.1. The number of hydrogen-bond acceptors (Lipinski definition) is 3. The van der Waals surface area contributed by atoms with E-state index in [-0.39, 0.29) is 29.8 Å². The summed E-state index contributed by atoms with van der Waals surface area (Å²) in [6.45, 7) is 5.68. The van der Waals surface area contributed by atoms with Crippen molar-refractivity contribution in [1.82, 2.24) is 25.2 Å². The van der Waals surface area contributed by atoms with Crippen molar-refractivity contribution in [3.05, 3.63) is 77.8 Å². The molecule has 28 heavy (non-hydrogen) atoms. The summed E-state index contributed by atoms with van der Waals surface area (Å²) in [5.41, 5.74) is 1.86. The molecule has 3 rings (SSSR count). The molecule has 0 saturated carbocycles. The predicted octanol–water partition coefficient (Wildman–Crippen LogP) is 3.59. The highest BCUT2D eigenvalue weighted by atomic mass is 127. The maximum Gasteiger partial charge on any atom is 0.191 e. The molecular weight excluding hydrogens is 470 g/mol. The van der Waals surface area contributed by atoms with Crippen molar-refractivity contribution in [3.63, 3.8) is 0 Å². The van der Waals surface area contributed by atoms with Gasteiger partial charge in [0.25, 0.3) is 0 Å². The molecule has 0 aliphatic carbocycles. The van der Waals surface area contributed by atoms with E-state index in [1.54, 1.807) is 12.3 Å². The van der Waals surface area contributed by atoms with Crippen molar-refractivity contribution in [2.45, 2.75) is 26.9 Å². The lowest BCUT2D eigenvalue weighted by Crippen LogP contribution is -2.36. The van der Waals surface area contributed by atoms with E-state index >= 15 is 0 Å². The second kappa shape index (κ2) is 10.7. The molecule has 2 aromatic heterocycles. The fourth-order valence-electron chi connectivity index (χ4n) is 2.62. The largest absolute Gasteiger partial charge is 0.357 e. The Morgan fingerprint density at radius 1 is 1.14 bits per heavy atom. The van der Waals surface area contributed by atoms with Gasteiger partial charge in [0.2, 0.25) is 0 Å². The van der Waals surface area contributed by atoms with Gasteiger partial charge in [0.1, 0.15) is 17.5 Å². The molecule has 2 N–H and O–H groups in total. The normalized spacial score (nSPS) is 11.0. The number of nitrogens with zero attached hydrogens (tertiary/aromatic N) is 4. The molecule has 2 heterocycles. The highest BCUT2D eigenvalue weighted by molar-refractivity contribution is 14.0. The summed E-state index contributed by atoms with van der Waals surface area (Å²) in [5, 5.41) is 6.41. The molecule has 0 aliphatic heterocycles. The van der Waals surface area contributed by atoms with Crippen molar-refractivity contribution in [2.24, 2.45) is 4.99 Å². The number of nitrogens with one attached hydrogen (secondary N) is 2. The van der Waals surface area contributed by atoms with Gasteiger partial charge in [-0.25, -0.2) is 19.4 Å². The van der Waals surface area contributed by atoms with Crippen molar-refractivity contribution >= 4 is 29.9 Å². The van der Waals surface area contributed by atoms with E-state index in [1.165, 1.54) is 12.1 Å². The molecule has 8 heteroatoms. The molecule has 1 aromatic carbocycles. The van der Waals surface area contributed by atoms with Crippen molar-refractivity contribution in [1.29, 1.82) is 0 Å². The van der Waals surface area contributed by atoms with Crippen LogP contribution in [0.4, 0.5) is 4.39 Å². The van der Waals surface area contributed by atoms with Crippen molar-refractivity contribution < 1.29 is 4.39 Å². The molecule has 6 nitrogen and oxygen atoms in total. The molecular formula is C20H24FIN6. The fraction of sp³-hybridized carbons (Fsp3) is 0.250. The van der Waals surface area contributed by atoms with E-state index in [9.17, 15) is 4.39 Å². The Morgan fingerprint density at radius 2 is 2.00 bits per heavy atom. The van der Waals surface area contributed by atoms with Crippen molar-refractivity contribution in [3.8, 4) is 5.82 Å². The van der Waals surface area contributed by atoms with Crippen LogP contribution in [0.5, 0.6) is 0 Å². The van der Waals surface area contributed by atoms with Gasteiger partial charge in [-0.15, -0.1) is 24.0 Å². The SMILES string of the molecule is CCNC(=NCc1ccc(-n2ccnc2C)nc1)NCc1cccc(F)c1.I. The summed E-state index contributed by atoms with van der Waals surface area (Å²) in [4.78, 5) is 13.3. The van der Waals surface area contributed by atoms with Crippen LogP contribution in [0.2, 0.25) is 0 Å². The fourth-order valence-corrected chi connectivity index (χ4v) is 2.62. The van der Waals surface area contributed by atoms with Gasteiger partial charge in [0.15, 0.2) is 5.96 Å². The number of aromatic nitrogens is 3. The molecule has 0 saturated heterocycles. The van der Waals surface area contributed by atoms with Gasteiger partial charge in [0, 0.05) is 31.7 Å². The minimum Gasteiger partial charge on any atom is -0.357 e. The molecule has 0 aliphatic rings. The number of benzene rings is 1.